The highest BCUT2D eigenvalue weighted by Gasteiger charge is 2.16. The minimum Gasteiger partial charge on any atom is -0.345 e. The highest BCUT2D eigenvalue weighted by atomic mass is 32.1. The molecule has 1 aromatic carbocycles. The lowest BCUT2D eigenvalue weighted by Gasteiger charge is -2.13. The molecular weight excluding hydrogens is 256 g/mol. The summed E-state index contributed by atoms with van der Waals surface area (Å²) in [5, 5.41) is 4.24. The van der Waals surface area contributed by atoms with Crippen LogP contribution in [0.15, 0.2) is 18.2 Å². The molecule has 19 heavy (non-hydrogen) atoms. The number of aromatic nitrogens is 1. The zero-order valence-electron chi connectivity index (χ0n) is 11.7. The number of aryl methyl sites for hydroxylation is 3. The molecule has 0 bridgehead atoms. The Kier molecular flexibility index (Phi) is 4.00. The lowest BCUT2D eigenvalue weighted by atomic mass is 10.1. The third kappa shape index (κ3) is 2.68. The third-order valence-corrected chi connectivity index (χ3v) is 4.05. The first-order chi connectivity index (χ1) is 9.04. The predicted molar refractivity (Wildman–Crippen MR) is 80.7 cm³/mol. The molecule has 0 aliphatic carbocycles. The van der Waals surface area contributed by atoms with Gasteiger partial charge in [0.25, 0.3) is 0 Å². The van der Waals surface area contributed by atoms with Gasteiger partial charge >= 0.3 is 0 Å². The van der Waals surface area contributed by atoms with E-state index in [0.717, 1.165) is 22.8 Å². The zero-order valence-corrected chi connectivity index (χ0v) is 12.5. The molecule has 0 spiro atoms. The van der Waals surface area contributed by atoms with Crippen LogP contribution in [-0.4, -0.2) is 10.2 Å². The van der Waals surface area contributed by atoms with E-state index in [1.165, 1.54) is 22.7 Å². The summed E-state index contributed by atoms with van der Waals surface area (Å²) < 4.78 is 4.28. The monoisotopic (exact) mass is 274 g/mol. The standard InChI is InChI=1S/C15H18N2OS/c1-5-12-8-6-7-9(2)14(12)16-15-13(11(4)18)10(3)17-19-15/h6-8,16H,5H2,1-4H3. The molecule has 0 aliphatic rings. The Labute approximate surface area is 117 Å². The molecule has 0 amide bonds. The number of Topliss-reactive ketones (excluding diaryl/α,β-unsaturated/α-hetero) is 1. The minimum atomic E-state index is 0.0559. The molecule has 1 N–H and O–H groups in total. The fourth-order valence-corrected chi connectivity index (χ4v) is 3.04. The van der Waals surface area contributed by atoms with Gasteiger partial charge in [0.2, 0.25) is 0 Å². The van der Waals surface area contributed by atoms with E-state index < -0.39 is 0 Å². The van der Waals surface area contributed by atoms with Crippen LogP contribution in [0.25, 0.3) is 0 Å². The summed E-state index contributed by atoms with van der Waals surface area (Å²) in [5.41, 5.74) is 5.03. The van der Waals surface area contributed by atoms with Crippen LogP contribution in [0.2, 0.25) is 0 Å². The number of benzene rings is 1. The van der Waals surface area contributed by atoms with Crippen LogP contribution in [0.5, 0.6) is 0 Å². The third-order valence-electron chi connectivity index (χ3n) is 3.19. The average molecular weight is 274 g/mol. The van der Waals surface area contributed by atoms with Gasteiger partial charge in [-0.3, -0.25) is 4.79 Å². The van der Waals surface area contributed by atoms with Crippen molar-refractivity contribution in [1.29, 1.82) is 0 Å². The summed E-state index contributed by atoms with van der Waals surface area (Å²) in [6.07, 6.45) is 0.956. The number of carbonyl (C=O) groups excluding carboxylic acids is 1. The predicted octanol–water partition coefficient (Wildman–Crippen LogP) is 4.27. The zero-order chi connectivity index (χ0) is 14.0. The van der Waals surface area contributed by atoms with Crippen molar-refractivity contribution in [2.24, 2.45) is 0 Å². The van der Waals surface area contributed by atoms with E-state index >= 15 is 0 Å². The first-order valence-electron chi connectivity index (χ1n) is 6.37. The van der Waals surface area contributed by atoms with Crippen LogP contribution in [0.3, 0.4) is 0 Å². The molecule has 2 aromatic rings. The molecule has 0 unspecified atom stereocenters. The van der Waals surface area contributed by atoms with Gasteiger partial charge in [0.1, 0.15) is 5.00 Å². The number of hydrogen-bond acceptors (Lipinski definition) is 4. The van der Waals surface area contributed by atoms with Crippen molar-refractivity contribution < 1.29 is 4.79 Å². The van der Waals surface area contributed by atoms with E-state index in [0.29, 0.717) is 5.56 Å². The fourth-order valence-electron chi connectivity index (χ4n) is 2.19. The Morgan fingerprint density at radius 1 is 1.37 bits per heavy atom. The Morgan fingerprint density at radius 2 is 2.11 bits per heavy atom. The highest BCUT2D eigenvalue weighted by Crippen LogP contribution is 2.31. The lowest BCUT2D eigenvalue weighted by molar-refractivity contribution is 0.101. The van der Waals surface area contributed by atoms with Gasteiger partial charge in [0.15, 0.2) is 5.78 Å². The van der Waals surface area contributed by atoms with Gasteiger partial charge in [-0.15, -0.1) is 0 Å². The van der Waals surface area contributed by atoms with Gasteiger partial charge < -0.3 is 5.32 Å². The van der Waals surface area contributed by atoms with Crippen LogP contribution >= 0.6 is 11.5 Å². The van der Waals surface area contributed by atoms with Crippen LogP contribution in [-0.2, 0) is 6.42 Å². The van der Waals surface area contributed by atoms with E-state index in [1.807, 2.05) is 6.92 Å². The molecule has 3 nitrogen and oxygen atoms in total. The Balaban J connectivity index is 2.45. The SMILES string of the molecule is CCc1cccc(C)c1Nc1snc(C)c1C(C)=O. The minimum absolute atomic E-state index is 0.0559. The number of anilines is 2. The van der Waals surface area contributed by atoms with Crippen molar-refractivity contribution in [2.75, 3.05) is 5.32 Å². The number of hydrogen-bond donors (Lipinski definition) is 1. The molecule has 0 fully saturated rings. The summed E-state index contributed by atoms with van der Waals surface area (Å²) in [6.45, 7) is 7.66. The summed E-state index contributed by atoms with van der Waals surface area (Å²) in [4.78, 5) is 11.7. The first kappa shape index (κ1) is 13.7. The fraction of sp³-hybridized carbons (Fsp3) is 0.333. The molecule has 0 saturated carbocycles. The molecule has 0 radical (unpaired) electrons. The maximum atomic E-state index is 11.7. The summed E-state index contributed by atoms with van der Waals surface area (Å²) in [5.74, 6) is 0.0559. The normalized spacial score (nSPS) is 10.5. The van der Waals surface area contributed by atoms with Crippen LogP contribution in [0.1, 0.15) is 41.0 Å². The second-order valence-electron chi connectivity index (χ2n) is 4.62. The molecule has 2 rings (SSSR count). The number of rotatable bonds is 4. The largest absolute Gasteiger partial charge is 0.345 e. The van der Waals surface area contributed by atoms with Crippen LogP contribution in [0.4, 0.5) is 10.7 Å². The number of nitrogens with one attached hydrogen (secondary N) is 1. The number of carbonyl (C=O) groups is 1. The van der Waals surface area contributed by atoms with Gasteiger partial charge in [0.05, 0.1) is 11.3 Å². The topological polar surface area (TPSA) is 42.0 Å². The second kappa shape index (κ2) is 5.53. The number of nitrogens with zero attached hydrogens (tertiary/aromatic N) is 1. The van der Waals surface area contributed by atoms with Crippen LogP contribution in [0, 0.1) is 13.8 Å². The maximum Gasteiger partial charge on any atom is 0.164 e. The van der Waals surface area contributed by atoms with Crippen molar-refractivity contribution in [3.63, 3.8) is 0 Å². The summed E-state index contributed by atoms with van der Waals surface area (Å²) in [7, 11) is 0. The van der Waals surface area contributed by atoms with Gasteiger partial charge in [-0.05, 0) is 49.9 Å². The van der Waals surface area contributed by atoms with E-state index in [-0.39, 0.29) is 5.78 Å². The van der Waals surface area contributed by atoms with E-state index in [9.17, 15) is 4.79 Å². The molecule has 0 saturated heterocycles. The Bertz CT molecular complexity index is 617. The van der Waals surface area contributed by atoms with Crippen molar-refractivity contribution in [1.82, 2.24) is 4.37 Å². The first-order valence-corrected chi connectivity index (χ1v) is 7.14. The van der Waals surface area contributed by atoms with Gasteiger partial charge in [-0.1, -0.05) is 25.1 Å². The van der Waals surface area contributed by atoms with Crippen LogP contribution < -0.4 is 5.32 Å². The lowest BCUT2D eigenvalue weighted by Crippen LogP contribution is -2.01. The molecule has 1 aromatic heterocycles. The summed E-state index contributed by atoms with van der Waals surface area (Å²) in [6, 6.07) is 6.24. The highest BCUT2D eigenvalue weighted by molar-refractivity contribution is 7.10. The van der Waals surface area contributed by atoms with Crippen molar-refractivity contribution in [3.05, 3.63) is 40.6 Å². The van der Waals surface area contributed by atoms with Gasteiger partial charge in [0, 0.05) is 5.69 Å². The molecular formula is C15H18N2OS. The molecule has 100 valence electrons. The van der Waals surface area contributed by atoms with Gasteiger partial charge in [-0.25, -0.2) is 0 Å². The van der Waals surface area contributed by atoms with E-state index in [4.69, 9.17) is 0 Å². The average Bonchev–Trinajstić information content (AvgIpc) is 2.73. The second-order valence-corrected chi connectivity index (χ2v) is 5.39. The quantitative estimate of drug-likeness (QED) is 0.847. The molecule has 0 atom stereocenters. The van der Waals surface area contributed by atoms with E-state index in [1.54, 1.807) is 6.92 Å². The Hall–Kier alpha value is -1.68. The smallest absolute Gasteiger partial charge is 0.164 e. The Morgan fingerprint density at radius 3 is 2.74 bits per heavy atom. The van der Waals surface area contributed by atoms with Crippen molar-refractivity contribution >= 4 is 28.0 Å². The van der Waals surface area contributed by atoms with Crippen molar-refractivity contribution in [3.8, 4) is 0 Å². The van der Waals surface area contributed by atoms with Gasteiger partial charge in [-0.2, -0.15) is 4.37 Å². The molecule has 0 aliphatic heterocycles. The number of para-hydroxylation sites is 1. The summed E-state index contributed by atoms with van der Waals surface area (Å²) >= 11 is 1.35. The molecule has 4 heteroatoms. The maximum absolute atomic E-state index is 11.7. The van der Waals surface area contributed by atoms with Crippen molar-refractivity contribution in [2.45, 2.75) is 34.1 Å². The van der Waals surface area contributed by atoms with E-state index in [2.05, 4.69) is 41.7 Å². The molecule has 1 heterocycles. The number of ketones is 1.